The fourth-order valence-electron chi connectivity index (χ4n) is 4.61. The average Bonchev–Trinajstić information content (AvgIpc) is 3.08. The van der Waals surface area contributed by atoms with Crippen LogP contribution in [0.3, 0.4) is 0 Å². The molecule has 2 saturated carbocycles. The van der Waals surface area contributed by atoms with Crippen LogP contribution in [0.4, 0.5) is 0 Å². The summed E-state index contributed by atoms with van der Waals surface area (Å²) in [6.07, 6.45) is 26.9. The monoisotopic (exact) mass is 378 g/mol. The van der Waals surface area contributed by atoms with Gasteiger partial charge in [0.1, 0.15) is 0 Å². The molecule has 0 N–H and O–H groups in total. The predicted molar refractivity (Wildman–Crippen MR) is 116 cm³/mol. The fourth-order valence-corrected chi connectivity index (χ4v) is 4.61. The van der Waals surface area contributed by atoms with Crippen LogP contribution in [0.1, 0.15) is 116 Å². The molecule has 0 aromatic heterocycles. The second-order valence-corrected chi connectivity index (χ2v) is 8.95. The van der Waals surface area contributed by atoms with Crippen molar-refractivity contribution < 1.29 is 9.47 Å². The molecular weight excluding hydrogens is 332 g/mol. The van der Waals surface area contributed by atoms with Gasteiger partial charge in [0.05, 0.1) is 12.2 Å². The highest BCUT2D eigenvalue weighted by Crippen LogP contribution is 2.27. The molecule has 27 heavy (non-hydrogen) atoms. The Bertz CT molecular complexity index is 322. The van der Waals surface area contributed by atoms with Crippen LogP contribution in [0, 0.1) is 19.3 Å². The second-order valence-electron chi connectivity index (χ2n) is 8.95. The van der Waals surface area contributed by atoms with Crippen molar-refractivity contribution in [3.05, 3.63) is 13.3 Å². The van der Waals surface area contributed by atoms with Gasteiger partial charge in [0, 0.05) is 13.2 Å². The maximum Gasteiger partial charge on any atom is 0.0575 e. The highest BCUT2D eigenvalue weighted by molar-refractivity contribution is 4.76. The van der Waals surface area contributed by atoms with Crippen LogP contribution < -0.4 is 0 Å². The Kier molecular flexibility index (Phi) is 13.6. The van der Waals surface area contributed by atoms with Gasteiger partial charge in [-0.2, -0.15) is 0 Å². The zero-order valence-electron chi connectivity index (χ0n) is 18.0. The first kappa shape index (κ1) is 23.2. The van der Waals surface area contributed by atoms with E-state index in [0.29, 0.717) is 12.2 Å². The highest BCUT2D eigenvalue weighted by Gasteiger charge is 2.21. The SMILES string of the molecule is [CH2]CCCCCCCCCOC1CCCC(COC2CC[CH]CCC2)CC1. The molecule has 0 aromatic carbocycles. The first-order valence-electron chi connectivity index (χ1n) is 12.2. The van der Waals surface area contributed by atoms with E-state index in [2.05, 4.69) is 13.3 Å². The molecule has 2 fully saturated rings. The summed E-state index contributed by atoms with van der Waals surface area (Å²) in [5.74, 6) is 0.768. The van der Waals surface area contributed by atoms with Crippen LogP contribution >= 0.6 is 0 Å². The van der Waals surface area contributed by atoms with E-state index in [-0.39, 0.29) is 0 Å². The van der Waals surface area contributed by atoms with Crippen LogP contribution in [-0.2, 0) is 9.47 Å². The molecule has 0 amide bonds. The van der Waals surface area contributed by atoms with E-state index in [0.717, 1.165) is 25.6 Å². The van der Waals surface area contributed by atoms with Crippen LogP contribution in [0.25, 0.3) is 0 Å². The zero-order chi connectivity index (χ0) is 19.0. The van der Waals surface area contributed by atoms with Crippen molar-refractivity contribution in [2.45, 2.75) is 128 Å². The molecule has 158 valence electrons. The molecule has 2 aliphatic carbocycles. The molecule has 0 saturated heterocycles. The molecule has 0 bridgehead atoms. The van der Waals surface area contributed by atoms with Gasteiger partial charge < -0.3 is 9.47 Å². The summed E-state index contributed by atoms with van der Waals surface area (Å²) < 4.78 is 12.5. The van der Waals surface area contributed by atoms with Crippen molar-refractivity contribution in [3.63, 3.8) is 0 Å². The van der Waals surface area contributed by atoms with E-state index < -0.39 is 0 Å². The molecule has 0 aromatic rings. The largest absolute Gasteiger partial charge is 0.378 e. The van der Waals surface area contributed by atoms with E-state index in [1.54, 1.807) is 0 Å². The normalized spacial score (nSPS) is 25.2. The molecule has 2 heteroatoms. The lowest BCUT2D eigenvalue weighted by Gasteiger charge is -2.20. The summed E-state index contributed by atoms with van der Waals surface area (Å²) in [4.78, 5) is 0. The topological polar surface area (TPSA) is 18.5 Å². The summed E-state index contributed by atoms with van der Waals surface area (Å²) in [5.41, 5.74) is 0. The van der Waals surface area contributed by atoms with Crippen molar-refractivity contribution in [3.8, 4) is 0 Å². The van der Waals surface area contributed by atoms with E-state index in [1.165, 1.54) is 109 Å². The number of hydrogen-bond donors (Lipinski definition) is 0. The fraction of sp³-hybridized carbons (Fsp3) is 0.920. The second kappa shape index (κ2) is 15.8. The van der Waals surface area contributed by atoms with E-state index >= 15 is 0 Å². The Morgan fingerprint density at radius 2 is 1.41 bits per heavy atom. The van der Waals surface area contributed by atoms with E-state index in [1.807, 2.05) is 0 Å². The number of unbranched alkanes of at least 4 members (excludes halogenated alkanes) is 7. The first-order valence-corrected chi connectivity index (χ1v) is 12.2. The molecule has 3 unspecified atom stereocenters. The van der Waals surface area contributed by atoms with Crippen molar-refractivity contribution >= 4 is 0 Å². The van der Waals surface area contributed by atoms with Crippen LogP contribution in [0.5, 0.6) is 0 Å². The molecule has 0 spiro atoms. The quantitative estimate of drug-likeness (QED) is 0.244. The predicted octanol–water partition coefficient (Wildman–Crippen LogP) is 7.46. The van der Waals surface area contributed by atoms with Gasteiger partial charge in [-0.3, -0.25) is 0 Å². The third-order valence-corrected chi connectivity index (χ3v) is 6.48. The maximum atomic E-state index is 6.29. The molecule has 3 atom stereocenters. The molecule has 2 nitrogen and oxygen atoms in total. The lowest BCUT2D eigenvalue weighted by Crippen LogP contribution is -2.18. The number of rotatable bonds is 13. The average molecular weight is 379 g/mol. The van der Waals surface area contributed by atoms with Gasteiger partial charge in [-0.05, 0) is 63.7 Å². The maximum absolute atomic E-state index is 6.29. The minimum Gasteiger partial charge on any atom is -0.378 e. The van der Waals surface area contributed by atoms with Crippen molar-refractivity contribution in [1.82, 2.24) is 0 Å². The Morgan fingerprint density at radius 1 is 0.667 bits per heavy atom. The minimum atomic E-state index is 0.513. The third-order valence-electron chi connectivity index (χ3n) is 6.48. The molecule has 0 heterocycles. The van der Waals surface area contributed by atoms with E-state index in [9.17, 15) is 0 Å². The smallest absolute Gasteiger partial charge is 0.0575 e. The summed E-state index contributed by atoms with van der Waals surface area (Å²) in [6, 6.07) is 0. The minimum absolute atomic E-state index is 0.513. The van der Waals surface area contributed by atoms with Crippen molar-refractivity contribution in [2.24, 2.45) is 5.92 Å². The standard InChI is InChI=1S/C25H46O2/c1-2-3-4-5-6-7-10-13-21-26-25-18-14-15-23(19-20-25)22-27-24-16-11-8-9-12-17-24/h8,23-25H,1-7,9-22H2. The van der Waals surface area contributed by atoms with Gasteiger partial charge in [-0.1, -0.05) is 71.1 Å². The van der Waals surface area contributed by atoms with Gasteiger partial charge in [-0.15, -0.1) is 0 Å². The van der Waals surface area contributed by atoms with E-state index in [4.69, 9.17) is 9.47 Å². The van der Waals surface area contributed by atoms with Crippen LogP contribution in [0.15, 0.2) is 0 Å². The van der Waals surface area contributed by atoms with Crippen molar-refractivity contribution in [2.75, 3.05) is 13.2 Å². The van der Waals surface area contributed by atoms with Crippen molar-refractivity contribution in [1.29, 1.82) is 0 Å². The molecule has 2 aliphatic rings. The highest BCUT2D eigenvalue weighted by atomic mass is 16.5. The summed E-state index contributed by atoms with van der Waals surface area (Å²) >= 11 is 0. The Labute approximate surface area is 170 Å². The summed E-state index contributed by atoms with van der Waals surface area (Å²) in [6.45, 7) is 5.88. The Balaban J connectivity index is 1.45. The summed E-state index contributed by atoms with van der Waals surface area (Å²) in [7, 11) is 0. The third kappa shape index (κ3) is 11.5. The molecular formula is C25H46O2. The summed E-state index contributed by atoms with van der Waals surface area (Å²) in [5, 5.41) is 0. The van der Waals surface area contributed by atoms with Gasteiger partial charge >= 0.3 is 0 Å². The molecule has 2 rings (SSSR count). The van der Waals surface area contributed by atoms with Gasteiger partial charge in [0.2, 0.25) is 0 Å². The molecule has 2 radical (unpaired) electrons. The Hall–Kier alpha value is -0.0800. The van der Waals surface area contributed by atoms with Crippen LogP contribution in [0.2, 0.25) is 0 Å². The lowest BCUT2D eigenvalue weighted by molar-refractivity contribution is 0.0141. The molecule has 0 aliphatic heterocycles. The Morgan fingerprint density at radius 3 is 2.26 bits per heavy atom. The zero-order valence-corrected chi connectivity index (χ0v) is 18.0. The lowest BCUT2D eigenvalue weighted by atomic mass is 10.0. The van der Waals surface area contributed by atoms with Gasteiger partial charge in [0.15, 0.2) is 0 Å². The van der Waals surface area contributed by atoms with Crippen LogP contribution in [-0.4, -0.2) is 25.4 Å². The first-order chi connectivity index (χ1) is 13.4. The van der Waals surface area contributed by atoms with Gasteiger partial charge in [0.25, 0.3) is 0 Å². The number of ether oxygens (including phenoxy) is 2. The number of hydrogen-bond acceptors (Lipinski definition) is 2. The van der Waals surface area contributed by atoms with Gasteiger partial charge in [-0.25, -0.2) is 0 Å².